The molecule has 0 radical (unpaired) electrons. The number of carboxylic acids is 1. The van der Waals surface area contributed by atoms with E-state index >= 15 is 0 Å². The topological polar surface area (TPSA) is 153 Å². The summed E-state index contributed by atoms with van der Waals surface area (Å²) in [5, 5.41) is 32.1. The molecule has 0 unspecified atom stereocenters. The fourth-order valence-corrected chi connectivity index (χ4v) is 4.15. The Labute approximate surface area is 237 Å². The number of carboxylic acid groups (broad SMARTS) is 1. The second-order valence-corrected chi connectivity index (χ2v) is 9.04. The van der Waals surface area contributed by atoms with Crippen LogP contribution in [0.15, 0.2) is 97.1 Å². The molecule has 210 valence electrons. The third-order valence-electron chi connectivity index (χ3n) is 6.23. The van der Waals surface area contributed by atoms with Gasteiger partial charge < -0.3 is 25.2 Å². The number of amidine groups is 1. The molecular formula is C31H30N4O6. The van der Waals surface area contributed by atoms with E-state index in [-0.39, 0.29) is 12.3 Å². The van der Waals surface area contributed by atoms with Crippen LogP contribution in [0.2, 0.25) is 0 Å². The number of benzene rings is 4. The van der Waals surface area contributed by atoms with Gasteiger partial charge in [0.05, 0.1) is 13.5 Å². The number of anilines is 2. The van der Waals surface area contributed by atoms with E-state index in [2.05, 4.69) is 10.6 Å². The first kappa shape index (κ1) is 28.7. The molecule has 6 N–H and O–H groups in total. The first-order valence-corrected chi connectivity index (χ1v) is 12.7. The Bertz CT molecular complexity index is 1510. The molecule has 0 fully saturated rings. The van der Waals surface area contributed by atoms with Gasteiger partial charge >= 0.3 is 5.97 Å². The fraction of sp³-hybridized carbons (Fsp3) is 0.129. The molecule has 0 saturated carbocycles. The molecule has 0 heterocycles. The lowest BCUT2D eigenvalue weighted by atomic mass is 10.0. The van der Waals surface area contributed by atoms with Crippen molar-refractivity contribution in [2.24, 2.45) is 0 Å². The normalized spacial score (nSPS) is 11.2. The van der Waals surface area contributed by atoms with Gasteiger partial charge in [0.2, 0.25) is 0 Å². The zero-order chi connectivity index (χ0) is 29.2. The molecule has 0 bridgehead atoms. The zero-order valence-corrected chi connectivity index (χ0v) is 22.3. The Morgan fingerprint density at radius 1 is 0.902 bits per heavy atom. The Hall–Kier alpha value is -5.35. The number of hydrogen-bond donors (Lipinski definition) is 6. The van der Waals surface area contributed by atoms with Gasteiger partial charge in [0, 0.05) is 16.9 Å². The largest absolute Gasteiger partial charge is 0.493 e. The summed E-state index contributed by atoms with van der Waals surface area (Å²) in [5.41, 5.74) is 5.23. The summed E-state index contributed by atoms with van der Waals surface area (Å²) >= 11 is 0. The maximum atomic E-state index is 13.7. The summed E-state index contributed by atoms with van der Waals surface area (Å²) < 4.78 is 11.6. The van der Waals surface area contributed by atoms with E-state index in [0.717, 1.165) is 5.56 Å². The number of carbonyl (C=O) groups is 2. The summed E-state index contributed by atoms with van der Waals surface area (Å²) in [6, 6.07) is 27.3. The standard InChI is InChI=1S/C31H30N4O6/c1-40-27-17-23(13-16-26(27)41-19-20-7-3-2-4-8-20)29(33-24-14-11-21(12-15-24)30(32)35-39)31(38)34-25-10-6-5-9-22(25)18-28(36)37/h2-17,29,33,39H,18-19H2,1H3,(H2,32,35)(H,34,38)(H,36,37)/t29-/m0/s1. The van der Waals surface area contributed by atoms with Crippen LogP contribution in [0.25, 0.3) is 0 Å². The molecule has 0 aliphatic carbocycles. The summed E-state index contributed by atoms with van der Waals surface area (Å²) in [6.07, 6.45) is -0.248. The molecule has 0 aliphatic heterocycles. The smallest absolute Gasteiger partial charge is 0.307 e. The number of ether oxygens (including phenoxy) is 2. The van der Waals surface area contributed by atoms with E-state index < -0.39 is 17.9 Å². The SMILES string of the molecule is COc1cc([C@H](Nc2ccc(C(=N)NO)cc2)C(=O)Nc2ccccc2CC(=O)O)ccc1OCc1ccccc1. The third-order valence-corrected chi connectivity index (χ3v) is 6.23. The number of aliphatic carboxylic acids is 1. The Balaban J connectivity index is 1.64. The summed E-state index contributed by atoms with van der Waals surface area (Å²) in [4.78, 5) is 25.1. The number of nitrogens with one attached hydrogen (secondary N) is 4. The van der Waals surface area contributed by atoms with Gasteiger partial charge in [-0.15, -0.1) is 0 Å². The van der Waals surface area contributed by atoms with Crippen LogP contribution in [-0.2, 0) is 22.6 Å². The minimum Gasteiger partial charge on any atom is -0.493 e. The summed E-state index contributed by atoms with van der Waals surface area (Å²) in [7, 11) is 1.52. The van der Waals surface area contributed by atoms with E-state index in [4.69, 9.17) is 20.1 Å². The minimum absolute atomic E-state index is 0.170. The van der Waals surface area contributed by atoms with Crippen LogP contribution in [0.4, 0.5) is 11.4 Å². The van der Waals surface area contributed by atoms with Crippen LogP contribution in [0, 0.1) is 5.41 Å². The second-order valence-electron chi connectivity index (χ2n) is 9.04. The predicted octanol–water partition coefficient (Wildman–Crippen LogP) is 5.00. The van der Waals surface area contributed by atoms with E-state index in [0.29, 0.717) is 46.2 Å². The fourth-order valence-electron chi connectivity index (χ4n) is 4.15. The average molecular weight is 555 g/mol. The highest BCUT2D eigenvalue weighted by molar-refractivity contribution is 5.99. The molecule has 0 spiro atoms. The van der Waals surface area contributed by atoms with Gasteiger partial charge in [0.1, 0.15) is 18.5 Å². The Kier molecular flexibility index (Phi) is 9.53. The predicted molar refractivity (Wildman–Crippen MR) is 155 cm³/mol. The Morgan fingerprint density at radius 3 is 2.29 bits per heavy atom. The van der Waals surface area contributed by atoms with Crippen molar-refractivity contribution in [3.05, 3.63) is 119 Å². The van der Waals surface area contributed by atoms with Crippen molar-refractivity contribution in [1.29, 1.82) is 5.41 Å². The molecule has 1 atom stereocenters. The maximum absolute atomic E-state index is 13.7. The van der Waals surface area contributed by atoms with Crippen LogP contribution < -0.4 is 25.6 Å². The quantitative estimate of drug-likeness (QED) is 0.0813. The van der Waals surface area contributed by atoms with Crippen molar-refractivity contribution < 1.29 is 29.4 Å². The van der Waals surface area contributed by atoms with Gasteiger partial charge in [-0.2, -0.15) is 0 Å². The van der Waals surface area contributed by atoms with Gasteiger partial charge in [-0.25, -0.2) is 0 Å². The number of hydroxylamine groups is 1. The number of rotatable bonds is 12. The maximum Gasteiger partial charge on any atom is 0.307 e. The minimum atomic E-state index is -1.01. The van der Waals surface area contributed by atoms with Gasteiger partial charge in [0.15, 0.2) is 11.5 Å². The lowest BCUT2D eigenvalue weighted by Crippen LogP contribution is -2.28. The molecule has 1 amide bonds. The third kappa shape index (κ3) is 7.61. The molecule has 0 aliphatic rings. The van der Waals surface area contributed by atoms with Crippen molar-refractivity contribution in [3.63, 3.8) is 0 Å². The van der Waals surface area contributed by atoms with Crippen LogP contribution in [0.3, 0.4) is 0 Å². The van der Waals surface area contributed by atoms with Crippen LogP contribution in [-0.4, -0.2) is 35.1 Å². The van der Waals surface area contributed by atoms with Crippen molar-refractivity contribution in [1.82, 2.24) is 5.48 Å². The van der Waals surface area contributed by atoms with E-state index in [1.54, 1.807) is 72.2 Å². The molecular weight excluding hydrogens is 524 g/mol. The molecule has 4 aromatic carbocycles. The van der Waals surface area contributed by atoms with Crippen molar-refractivity contribution in [2.45, 2.75) is 19.1 Å². The lowest BCUT2D eigenvalue weighted by Gasteiger charge is -2.22. The highest BCUT2D eigenvalue weighted by atomic mass is 16.5. The van der Waals surface area contributed by atoms with Crippen molar-refractivity contribution >= 4 is 29.1 Å². The second kappa shape index (κ2) is 13.6. The van der Waals surface area contributed by atoms with Crippen LogP contribution >= 0.6 is 0 Å². The van der Waals surface area contributed by atoms with Gasteiger partial charge in [-0.05, 0) is 59.2 Å². The van der Waals surface area contributed by atoms with Gasteiger partial charge in [-0.3, -0.25) is 25.7 Å². The summed E-state index contributed by atoms with van der Waals surface area (Å²) in [6.45, 7) is 0.336. The highest BCUT2D eigenvalue weighted by Gasteiger charge is 2.24. The monoisotopic (exact) mass is 554 g/mol. The van der Waals surface area contributed by atoms with E-state index in [1.807, 2.05) is 30.3 Å². The summed E-state index contributed by atoms with van der Waals surface area (Å²) in [5.74, 6) is -0.679. The molecule has 0 saturated heterocycles. The molecule has 4 rings (SSSR count). The molecule has 10 nitrogen and oxygen atoms in total. The zero-order valence-electron chi connectivity index (χ0n) is 22.3. The number of methoxy groups -OCH3 is 1. The van der Waals surface area contributed by atoms with Gasteiger partial charge in [-0.1, -0.05) is 54.6 Å². The number of carbonyl (C=O) groups excluding carboxylic acids is 1. The molecule has 10 heteroatoms. The molecule has 4 aromatic rings. The average Bonchev–Trinajstić information content (AvgIpc) is 3.00. The Morgan fingerprint density at radius 2 is 1.61 bits per heavy atom. The highest BCUT2D eigenvalue weighted by Crippen LogP contribution is 2.33. The molecule has 41 heavy (non-hydrogen) atoms. The number of hydrogen-bond acceptors (Lipinski definition) is 7. The van der Waals surface area contributed by atoms with Crippen LogP contribution in [0.5, 0.6) is 11.5 Å². The number of amides is 1. The van der Waals surface area contributed by atoms with E-state index in [9.17, 15) is 14.7 Å². The molecule has 0 aromatic heterocycles. The van der Waals surface area contributed by atoms with Crippen molar-refractivity contribution in [3.8, 4) is 11.5 Å². The first-order valence-electron chi connectivity index (χ1n) is 12.7. The van der Waals surface area contributed by atoms with Gasteiger partial charge in [0.25, 0.3) is 5.91 Å². The van der Waals surface area contributed by atoms with E-state index in [1.165, 1.54) is 7.11 Å². The van der Waals surface area contributed by atoms with Crippen molar-refractivity contribution in [2.75, 3.05) is 17.7 Å². The number of para-hydroxylation sites is 1. The lowest BCUT2D eigenvalue weighted by molar-refractivity contribution is -0.136. The first-order chi connectivity index (χ1) is 19.9. The van der Waals surface area contributed by atoms with Crippen LogP contribution in [0.1, 0.15) is 28.3 Å².